The fourth-order valence-electron chi connectivity index (χ4n) is 3.09. The van der Waals surface area contributed by atoms with Crippen LogP contribution < -0.4 is 9.62 Å². The minimum absolute atomic E-state index is 0.114. The van der Waals surface area contributed by atoms with E-state index in [0.29, 0.717) is 0 Å². The molecule has 3 aromatic carbocycles. The SMILES string of the molecule is CCOC(=O)c1ccc(NC(=O)c2ccccc2N(C)S(=O)(=O)c2ccc(C)cc2)c(Cl)c1. The van der Waals surface area contributed by atoms with Gasteiger partial charge in [-0.25, -0.2) is 13.2 Å². The van der Waals surface area contributed by atoms with Crippen molar-refractivity contribution in [1.29, 1.82) is 0 Å². The van der Waals surface area contributed by atoms with Gasteiger partial charge < -0.3 is 10.1 Å². The minimum atomic E-state index is -3.89. The van der Waals surface area contributed by atoms with Gasteiger partial charge in [-0.2, -0.15) is 0 Å². The van der Waals surface area contributed by atoms with Gasteiger partial charge in [0.15, 0.2) is 0 Å². The van der Waals surface area contributed by atoms with Crippen LogP contribution >= 0.6 is 11.6 Å². The molecule has 3 aromatic rings. The number of esters is 1. The summed E-state index contributed by atoms with van der Waals surface area (Å²) in [6.07, 6.45) is 0. The number of amides is 1. The van der Waals surface area contributed by atoms with E-state index in [0.717, 1.165) is 9.87 Å². The zero-order valence-corrected chi connectivity index (χ0v) is 19.9. The maximum atomic E-state index is 13.1. The van der Waals surface area contributed by atoms with E-state index in [9.17, 15) is 18.0 Å². The van der Waals surface area contributed by atoms with Crippen LogP contribution in [0.15, 0.2) is 71.6 Å². The predicted molar refractivity (Wildman–Crippen MR) is 129 cm³/mol. The Kier molecular flexibility index (Phi) is 7.40. The van der Waals surface area contributed by atoms with Crippen molar-refractivity contribution in [1.82, 2.24) is 0 Å². The molecule has 0 aliphatic carbocycles. The predicted octanol–water partition coefficient (Wildman–Crippen LogP) is 4.90. The van der Waals surface area contributed by atoms with Crippen LogP contribution in [0.4, 0.5) is 11.4 Å². The van der Waals surface area contributed by atoms with Gasteiger partial charge in [0.05, 0.1) is 39.0 Å². The summed E-state index contributed by atoms with van der Waals surface area (Å²) in [6.45, 7) is 3.79. The monoisotopic (exact) mass is 486 g/mol. The first-order valence-corrected chi connectivity index (χ1v) is 11.9. The van der Waals surface area contributed by atoms with Crippen molar-refractivity contribution in [3.05, 3.63) is 88.4 Å². The molecule has 0 heterocycles. The van der Waals surface area contributed by atoms with E-state index >= 15 is 0 Å². The maximum Gasteiger partial charge on any atom is 0.338 e. The van der Waals surface area contributed by atoms with E-state index < -0.39 is 21.9 Å². The van der Waals surface area contributed by atoms with Gasteiger partial charge in [-0.15, -0.1) is 0 Å². The molecule has 0 spiro atoms. The van der Waals surface area contributed by atoms with Crippen molar-refractivity contribution >= 4 is 44.9 Å². The number of nitrogens with one attached hydrogen (secondary N) is 1. The van der Waals surface area contributed by atoms with Crippen molar-refractivity contribution in [2.45, 2.75) is 18.7 Å². The summed E-state index contributed by atoms with van der Waals surface area (Å²) in [6, 6.07) is 17.2. The highest BCUT2D eigenvalue weighted by molar-refractivity contribution is 7.92. The Hall–Kier alpha value is -3.36. The summed E-state index contributed by atoms with van der Waals surface area (Å²) >= 11 is 6.24. The lowest BCUT2D eigenvalue weighted by atomic mass is 10.1. The van der Waals surface area contributed by atoms with Crippen molar-refractivity contribution in [3.8, 4) is 0 Å². The standard InChI is InChI=1S/C24H23ClN2O5S/c1-4-32-24(29)17-11-14-21(20(25)15-17)26-23(28)19-7-5-6-8-22(19)27(3)33(30,31)18-12-9-16(2)10-13-18/h5-15H,4H2,1-3H3,(H,26,28). The van der Waals surface area contributed by atoms with Crippen molar-refractivity contribution in [3.63, 3.8) is 0 Å². The molecule has 0 saturated carbocycles. The number of aryl methyl sites for hydroxylation is 1. The first-order chi connectivity index (χ1) is 15.6. The van der Waals surface area contributed by atoms with Gasteiger partial charge in [0.25, 0.3) is 15.9 Å². The fraction of sp³-hybridized carbons (Fsp3) is 0.167. The number of benzene rings is 3. The molecule has 0 aromatic heterocycles. The molecule has 0 saturated heterocycles. The second kappa shape index (κ2) is 10.1. The third kappa shape index (κ3) is 5.35. The number of ether oxygens (including phenoxy) is 1. The average Bonchev–Trinajstić information content (AvgIpc) is 2.80. The number of rotatable bonds is 7. The summed E-state index contributed by atoms with van der Waals surface area (Å²) < 4.78 is 32.2. The third-order valence-electron chi connectivity index (χ3n) is 4.90. The number of para-hydroxylation sites is 1. The highest BCUT2D eigenvalue weighted by Crippen LogP contribution is 2.28. The Morgan fingerprint density at radius 1 is 1.03 bits per heavy atom. The number of carbonyl (C=O) groups excluding carboxylic acids is 2. The Morgan fingerprint density at radius 2 is 1.70 bits per heavy atom. The number of nitrogens with zero attached hydrogens (tertiary/aromatic N) is 1. The van der Waals surface area contributed by atoms with Crippen LogP contribution in [-0.4, -0.2) is 33.9 Å². The zero-order valence-electron chi connectivity index (χ0n) is 18.3. The minimum Gasteiger partial charge on any atom is -0.462 e. The number of anilines is 2. The van der Waals surface area contributed by atoms with Crippen LogP contribution in [0.25, 0.3) is 0 Å². The summed E-state index contributed by atoms with van der Waals surface area (Å²) in [5.41, 5.74) is 1.80. The van der Waals surface area contributed by atoms with Crippen LogP contribution in [0, 0.1) is 6.92 Å². The number of sulfonamides is 1. The van der Waals surface area contributed by atoms with E-state index in [4.69, 9.17) is 16.3 Å². The molecule has 0 unspecified atom stereocenters. The first-order valence-electron chi connectivity index (χ1n) is 10.1. The Bertz CT molecular complexity index is 1290. The van der Waals surface area contributed by atoms with Gasteiger partial charge in [0.1, 0.15) is 0 Å². The quantitative estimate of drug-likeness (QED) is 0.479. The second-order valence-electron chi connectivity index (χ2n) is 7.17. The summed E-state index contributed by atoms with van der Waals surface area (Å²) in [4.78, 5) is 25.0. The molecular weight excluding hydrogens is 464 g/mol. The first kappa shape index (κ1) is 24.3. The van der Waals surface area contributed by atoms with Crippen LogP contribution in [-0.2, 0) is 14.8 Å². The van der Waals surface area contributed by atoms with Gasteiger partial charge in [-0.05, 0) is 56.3 Å². The molecule has 1 amide bonds. The molecule has 7 nitrogen and oxygen atoms in total. The summed E-state index contributed by atoms with van der Waals surface area (Å²) in [5, 5.41) is 2.82. The van der Waals surface area contributed by atoms with Gasteiger partial charge in [-0.3, -0.25) is 9.10 Å². The molecule has 0 fully saturated rings. The van der Waals surface area contributed by atoms with Crippen LogP contribution in [0.3, 0.4) is 0 Å². The lowest BCUT2D eigenvalue weighted by Gasteiger charge is -2.22. The highest BCUT2D eigenvalue weighted by atomic mass is 35.5. The smallest absolute Gasteiger partial charge is 0.338 e. The van der Waals surface area contributed by atoms with Gasteiger partial charge in [-0.1, -0.05) is 41.4 Å². The van der Waals surface area contributed by atoms with E-state index in [1.165, 1.54) is 43.4 Å². The van der Waals surface area contributed by atoms with E-state index in [1.54, 1.807) is 37.3 Å². The second-order valence-corrected chi connectivity index (χ2v) is 9.55. The molecule has 0 atom stereocenters. The molecule has 9 heteroatoms. The molecular formula is C24H23ClN2O5S. The molecule has 0 aliphatic rings. The third-order valence-corrected chi connectivity index (χ3v) is 6.99. The maximum absolute atomic E-state index is 13.1. The van der Waals surface area contributed by atoms with Gasteiger partial charge in [0, 0.05) is 7.05 Å². The molecule has 0 bridgehead atoms. The lowest BCUT2D eigenvalue weighted by Crippen LogP contribution is -2.29. The molecule has 33 heavy (non-hydrogen) atoms. The normalized spacial score (nSPS) is 11.0. The van der Waals surface area contributed by atoms with Crippen LogP contribution in [0.2, 0.25) is 5.02 Å². The number of hydrogen-bond donors (Lipinski definition) is 1. The van der Waals surface area contributed by atoms with Crippen LogP contribution in [0.1, 0.15) is 33.2 Å². The fourth-order valence-corrected chi connectivity index (χ4v) is 4.53. The molecule has 1 N–H and O–H groups in total. The van der Waals surface area contributed by atoms with E-state index in [-0.39, 0.29) is 39.0 Å². The molecule has 3 rings (SSSR count). The van der Waals surface area contributed by atoms with Gasteiger partial charge >= 0.3 is 5.97 Å². The Balaban J connectivity index is 1.89. The van der Waals surface area contributed by atoms with Crippen molar-refractivity contribution in [2.75, 3.05) is 23.3 Å². The zero-order chi connectivity index (χ0) is 24.2. The average molecular weight is 487 g/mol. The Labute approximate surface area is 198 Å². The van der Waals surface area contributed by atoms with Gasteiger partial charge in [0.2, 0.25) is 0 Å². The molecule has 0 radical (unpaired) electrons. The van der Waals surface area contributed by atoms with Crippen LogP contribution in [0.5, 0.6) is 0 Å². The lowest BCUT2D eigenvalue weighted by molar-refractivity contribution is 0.0526. The highest BCUT2D eigenvalue weighted by Gasteiger charge is 2.25. The summed E-state index contributed by atoms with van der Waals surface area (Å²) in [5.74, 6) is -1.08. The number of halogens is 1. The molecule has 172 valence electrons. The van der Waals surface area contributed by atoms with Crippen molar-refractivity contribution in [2.24, 2.45) is 0 Å². The number of carbonyl (C=O) groups is 2. The van der Waals surface area contributed by atoms with E-state index in [2.05, 4.69) is 5.32 Å². The molecule has 0 aliphatic heterocycles. The number of hydrogen-bond acceptors (Lipinski definition) is 5. The summed E-state index contributed by atoms with van der Waals surface area (Å²) in [7, 11) is -2.50. The largest absolute Gasteiger partial charge is 0.462 e. The van der Waals surface area contributed by atoms with Crippen molar-refractivity contribution < 1.29 is 22.7 Å². The topological polar surface area (TPSA) is 92.8 Å². The van der Waals surface area contributed by atoms with E-state index in [1.807, 2.05) is 6.92 Å². The Morgan fingerprint density at radius 3 is 2.33 bits per heavy atom.